The standard InChI is InChI=1S/C21H26N4O2/c1-15-12-16(2)14-18(13-15)23-20-9-8-19(25(26)27)21(24-20)22-11-10-17-6-4-3-5-7-17/h6,8-9,12-14H,3-5,7,10-11H2,1-2H3,(H2,22,23,24). The van der Waals surface area contributed by atoms with Crippen molar-refractivity contribution in [3.63, 3.8) is 0 Å². The largest absolute Gasteiger partial charge is 0.364 e. The minimum atomic E-state index is -0.393. The van der Waals surface area contributed by atoms with Crippen LogP contribution in [0.1, 0.15) is 43.2 Å². The Morgan fingerprint density at radius 2 is 1.93 bits per heavy atom. The fraction of sp³-hybridized carbons (Fsp3) is 0.381. The molecular formula is C21H26N4O2. The highest BCUT2D eigenvalue weighted by Crippen LogP contribution is 2.27. The Morgan fingerprint density at radius 3 is 2.59 bits per heavy atom. The maximum Gasteiger partial charge on any atom is 0.311 e. The number of nitrogens with zero attached hydrogens (tertiary/aromatic N) is 2. The Morgan fingerprint density at radius 1 is 1.15 bits per heavy atom. The number of nitro groups is 1. The van der Waals surface area contributed by atoms with Gasteiger partial charge in [0, 0.05) is 18.3 Å². The second kappa shape index (κ2) is 8.66. The number of aryl methyl sites for hydroxylation is 2. The first-order valence-electron chi connectivity index (χ1n) is 9.44. The van der Waals surface area contributed by atoms with E-state index >= 15 is 0 Å². The summed E-state index contributed by atoms with van der Waals surface area (Å²) in [6.07, 6.45) is 7.96. The molecular weight excluding hydrogens is 340 g/mol. The predicted octanol–water partition coefficient (Wildman–Crippen LogP) is 5.65. The molecule has 0 spiro atoms. The van der Waals surface area contributed by atoms with Crippen LogP contribution in [0.25, 0.3) is 0 Å². The first-order chi connectivity index (χ1) is 13.0. The van der Waals surface area contributed by atoms with E-state index in [1.54, 1.807) is 6.07 Å². The second-order valence-corrected chi connectivity index (χ2v) is 7.11. The fourth-order valence-corrected chi connectivity index (χ4v) is 3.47. The summed E-state index contributed by atoms with van der Waals surface area (Å²) in [6, 6.07) is 9.30. The monoisotopic (exact) mass is 366 g/mol. The summed E-state index contributed by atoms with van der Waals surface area (Å²) < 4.78 is 0. The lowest BCUT2D eigenvalue weighted by Gasteiger charge is -2.14. The number of benzene rings is 1. The number of allylic oxidation sites excluding steroid dienone is 1. The van der Waals surface area contributed by atoms with E-state index in [0.29, 0.717) is 18.2 Å². The van der Waals surface area contributed by atoms with Gasteiger partial charge in [0.1, 0.15) is 5.82 Å². The highest BCUT2D eigenvalue weighted by atomic mass is 16.6. The molecule has 1 aromatic heterocycles. The van der Waals surface area contributed by atoms with Crippen LogP contribution < -0.4 is 10.6 Å². The fourth-order valence-electron chi connectivity index (χ4n) is 3.47. The Labute approximate surface area is 159 Å². The summed E-state index contributed by atoms with van der Waals surface area (Å²) in [7, 11) is 0. The van der Waals surface area contributed by atoms with Crippen LogP contribution in [0.4, 0.5) is 23.0 Å². The van der Waals surface area contributed by atoms with Gasteiger partial charge in [-0.25, -0.2) is 4.98 Å². The van der Waals surface area contributed by atoms with E-state index in [1.165, 1.54) is 24.5 Å². The molecule has 0 saturated carbocycles. The normalized spacial score (nSPS) is 13.8. The van der Waals surface area contributed by atoms with Crippen molar-refractivity contribution in [3.05, 3.63) is 63.2 Å². The van der Waals surface area contributed by atoms with Gasteiger partial charge in [0.25, 0.3) is 0 Å². The van der Waals surface area contributed by atoms with Crippen LogP contribution in [0.5, 0.6) is 0 Å². The molecule has 6 heteroatoms. The van der Waals surface area contributed by atoms with Gasteiger partial charge in [-0.05, 0) is 75.3 Å². The van der Waals surface area contributed by atoms with Crippen molar-refractivity contribution in [2.24, 2.45) is 0 Å². The molecule has 0 saturated heterocycles. The predicted molar refractivity (Wildman–Crippen MR) is 110 cm³/mol. The van der Waals surface area contributed by atoms with E-state index in [-0.39, 0.29) is 5.69 Å². The number of hydrogen-bond acceptors (Lipinski definition) is 5. The molecule has 1 aliphatic carbocycles. The lowest BCUT2D eigenvalue weighted by molar-refractivity contribution is -0.384. The molecule has 0 radical (unpaired) electrons. The van der Waals surface area contributed by atoms with Crippen LogP contribution in [-0.4, -0.2) is 16.5 Å². The Bertz CT molecular complexity index is 841. The molecule has 0 atom stereocenters. The van der Waals surface area contributed by atoms with E-state index < -0.39 is 4.92 Å². The maximum atomic E-state index is 11.3. The van der Waals surface area contributed by atoms with Crippen molar-refractivity contribution in [1.82, 2.24) is 4.98 Å². The smallest absolute Gasteiger partial charge is 0.311 e. The molecule has 142 valence electrons. The highest BCUT2D eigenvalue weighted by Gasteiger charge is 2.16. The van der Waals surface area contributed by atoms with Crippen LogP contribution in [0.15, 0.2) is 42.0 Å². The lowest BCUT2D eigenvalue weighted by atomic mass is 9.97. The van der Waals surface area contributed by atoms with Gasteiger partial charge in [0.15, 0.2) is 0 Å². The molecule has 2 aromatic rings. The van der Waals surface area contributed by atoms with Crippen LogP contribution in [-0.2, 0) is 0 Å². The minimum Gasteiger partial charge on any atom is -0.364 e. The summed E-state index contributed by atoms with van der Waals surface area (Å²) >= 11 is 0. The summed E-state index contributed by atoms with van der Waals surface area (Å²) in [5.74, 6) is 0.899. The zero-order valence-corrected chi connectivity index (χ0v) is 15.9. The topological polar surface area (TPSA) is 80.1 Å². The van der Waals surface area contributed by atoms with Crippen molar-refractivity contribution in [1.29, 1.82) is 0 Å². The molecule has 0 unspecified atom stereocenters. The summed E-state index contributed by atoms with van der Waals surface area (Å²) in [5.41, 5.74) is 4.66. The molecule has 0 bridgehead atoms. The van der Waals surface area contributed by atoms with Crippen LogP contribution >= 0.6 is 0 Å². The molecule has 0 fully saturated rings. The molecule has 0 amide bonds. The highest BCUT2D eigenvalue weighted by molar-refractivity contribution is 5.65. The molecule has 2 N–H and O–H groups in total. The Kier molecular flexibility index (Phi) is 6.06. The van der Waals surface area contributed by atoms with Crippen LogP contribution in [0.3, 0.4) is 0 Å². The molecule has 1 heterocycles. The van der Waals surface area contributed by atoms with Gasteiger partial charge in [-0.1, -0.05) is 17.7 Å². The lowest BCUT2D eigenvalue weighted by Crippen LogP contribution is -2.09. The van der Waals surface area contributed by atoms with Gasteiger partial charge in [-0.2, -0.15) is 0 Å². The number of aromatic nitrogens is 1. The third kappa shape index (κ3) is 5.29. The summed E-state index contributed by atoms with van der Waals surface area (Å²) in [6.45, 7) is 4.72. The second-order valence-electron chi connectivity index (χ2n) is 7.11. The van der Waals surface area contributed by atoms with E-state index in [9.17, 15) is 10.1 Å². The van der Waals surface area contributed by atoms with E-state index in [0.717, 1.165) is 36.1 Å². The van der Waals surface area contributed by atoms with Gasteiger partial charge >= 0.3 is 5.69 Å². The maximum absolute atomic E-state index is 11.3. The number of hydrogen-bond donors (Lipinski definition) is 2. The average Bonchev–Trinajstić information content (AvgIpc) is 2.62. The SMILES string of the molecule is Cc1cc(C)cc(Nc2ccc([N+](=O)[O-])c(NCCC3=CCCCC3)n2)c1. The van der Waals surface area contributed by atoms with Gasteiger partial charge < -0.3 is 10.6 Å². The zero-order valence-electron chi connectivity index (χ0n) is 15.9. The molecule has 1 aromatic carbocycles. The summed E-state index contributed by atoms with van der Waals surface area (Å²) in [5, 5.41) is 17.7. The number of rotatable bonds is 7. The molecule has 0 aliphatic heterocycles. The average molecular weight is 366 g/mol. The number of nitrogens with one attached hydrogen (secondary N) is 2. The molecule has 3 rings (SSSR count). The Balaban J connectivity index is 1.73. The van der Waals surface area contributed by atoms with Gasteiger partial charge in [-0.3, -0.25) is 10.1 Å². The van der Waals surface area contributed by atoms with Crippen molar-refractivity contribution in [2.75, 3.05) is 17.2 Å². The van der Waals surface area contributed by atoms with Crippen molar-refractivity contribution in [3.8, 4) is 0 Å². The Hall–Kier alpha value is -2.89. The third-order valence-electron chi connectivity index (χ3n) is 4.69. The quantitative estimate of drug-likeness (QED) is 0.376. The first kappa shape index (κ1) is 18.9. The van der Waals surface area contributed by atoms with Gasteiger partial charge in [0.2, 0.25) is 5.82 Å². The van der Waals surface area contributed by atoms with Crippen molar-refractivity contribution in [2.45, 2.75) is 46.0 Å². The minimum absolute atomic E-state index is 0.00130. The van der Waals surface area contributed by atoms with Crippen molar-refractivity contribution < 1.29 is 4.92 Å². The number of anilines is 3. The van der Waals surface area contributed by atoms with Gasteiger partial charge in [0.05, 0.1) is 4.92 Å². The third-order valence-corrected chi connectivity index (χ3v) is 4.69. The van der Waals surface area contributed by atoms with E-state index in [1.807, 2.05) is 26.0 Å². The van der Waals surface area contributed by atoms with Gasteiger partial charge in [-0.15, -0.1) is 0 Å². The number of pyridine rings is 1. The van der Waals surface area contributed by atoms with E-state index in [4.69, 9.17) is 0 Å². The zero-order chi connectivity index (χ0) is 19.2. The van der Waals surface area contributed by atoms with Crippen LogP contribution in [0.2, 0.25) is 0 Å². The van der Waals surface area contributed by atoms with Crippen molar-refractivity contribution >= 4 is 23.0 Å². The van der Waals surface area contributed by atoms with E-state index in [2.05, 4.69) is 27.8 Å². The molecule has 6 nitrogen and oxygen atoms in total. The molecule has 1 aliphatic rings. The molecule has 27 heavy (non-hydrogen) atoms. The first-order valence-corrected chi connectivity index (χ1v) is 9.44. The van der Waals surface area contributed by atoms with Crippen LogP contribution in [0, 0.1) is 24.0 Å². The summed E-state index contributed by atoms with van der Waals surface area (Å²) in [4.78, 5) is 15.4.